The third kappa shape index (κ3) is 5.47. The molecule has 17 heavy (non-hydrogen) atoms. The lowest BCUT2D eigenvalue weighted by molar-refractivity contribution is 0.0999. The molecule has 0 unspecified atom stereocenters. The highest BCUT2D eigenvalue weighted by Gasteiger charge is 2.00. The van der Waals surface area contributed by atoms with E-state index in [1.807, 2.05) is 12.1 Å². The van der Waals surface area contributed by atoms with E-state index in [0.29, 0.717) is 18.8 Å². The molecule has 0 bridgehead atoms. The second kappa shape index (κ2) is 7.81. The third-order valence-electron chi connectivity index (χ3n) is 2.33. The van der Waals surface area contributed by atoms with Crippen LogP contribution in [0.25, 0.3) is 0 Å². The fourth-order valence-corrected chi connectivity index (χ4v) is 1.45. The van der Waals surface area contributed by atoms with E-state index in [-0.39, 0.29) is 0 Å². The number of carbonyl (C=O) groups excluding carboxylic acids is 1. The molecule has 0 atom stereocenters. The Balaban J connectivity index is 2.27. The zero-order chi connectivity index (χ0) is 12.5. The summed E-state index contributed by atoms with van der Waals surface area (Å²) in [6, 6.07) is 7.20. The molecule has 1 aromatic rings. The number of hydrogen-bond acceptors (Lipinski definition) is 3. The van der Waals surface area contributed by atoms with Gasteiger partial charge in [-0.2, -0.15) is 0 Å². The monoisotopic (exact) mass is 236 g/mol. The highest BCUT2D eigenvalue weighted by molar-refractivity contribution is 5.92. The largest absolute Gasteiger partial charge is 0.375 e. The number of primary amides is 1. The van der Waals surface area contributed by atoms with Crippen LogP contribution in [0.3, 0.4) is 0 Å². The van der Waals surface area contributed by atoms with Crippen molar-refractivity contribution in [1.29, 1.82) is 0 Å². The molecule has 0 saturated heterocycles. The number of amides is 1. The standard InChI is InChI=1S/C13H20N2O2/c1-2-6-15-7-8-17-10-11-4-3-5-12(9-11)13(14)16/h3-5,9,15H,2,6-8,10H2,1H3,(H2,14,16). The molecule has 0 radical (unpaired) electrons. The molecule has 0 aliphatic heterocycles. The minimum absolute atomic E-state index is 0.406. The first-order valence-corrected chi connectivity index (χ1v) is 5.91. The average molecular weight is 236 g/mol. The molecule has 94 valence electrons. The van der Waals surface area contributed by atoms with Crippen LogP contribution < -0.4 is 11.1 Å². The van der Waals surface area contributed by atoms with E-state index in [9.17, 15) is 4.79 Å². The normalized spacial score (nSPS) is 10.4. The molecular formula is C13H20N2O2. The van der Waals surface area contributed by atoms with Gasteiger partial charge in [-0.15, -0.1) is 0 Å². The first-order chi connectivity index (χ1) is 8.24. The highest BCUT2D eigenvalue weighted by atomic mass is 16.5. The van der Waals surface area contributed by atoms with Gasteiger partial charge in [-0.1, -0.05) is 19.1 Å². The number of hydrogen-bond donors (Lipinski definition) is 2. The second-order valence-corrected chi connectivity index (χ2v) is 3.87. The average Bonchev–Trinajstić information content (AvgIpc) is 2.34. The van der Waals surface area contributed by atoms with Crippen molar-refractivity contribution in [2.24, 2.45) is 5.73 Å². The fraction of sp³-hybridized carbons (Fsp3) is 0.462. The van der Waals surface area contributed by atoms with E-state index < -0.39 is 5.91 Å². The van der Waals surface area contributed by atoms with Gasteiger partial charge in [-0.25, -0.2) is 0 Å². The Labute approximate surface area is 102 Å². The van der Waals surface area contributed by atoms with Crippen LogP contribution in [0.2, 0.25) is 0 Å². The number of ether oxygens (including phenoxy) is 1. The molecule has 0 aromatic heterocycles. The van der Waals surface area contributed by atoms with Crippen LogP contribution in [0.4, 0.5) is 0 Å². The van der Waals surface area contributed by atoms with E-state index >= 15 is 0 Å². The minimum atomic E-state index is -0.406. The quantitative estimate of drug-likeness (QED) is 0.669. The first-order valence-electron chi connectivity index (χ1n) is 5.91. The summed E-state index contributed by atoms with van der Waals surface area (Å²) in [5.41, 5.74) is 6.70. The molecule has 1 amide bonds. The molecule has 0 aliphatic carbocycles. The summed E-state index contributed by atoms with van der Waals surface area (Å²) in [5, 5.41) is 3.25. The smallest absolute Gasteiger partial charge is 0.248 e. The van der Waals surface area contributed by atoms with Gasteiger partial charge in [0.2, 0.25) is 5.91 Å². The van der Waals surface area contributed by atoms with Crippen LogP contribution in [-0.2, 0) is 11.3 Å². The van der Waals surface area contributed by atoms with Crippen molar-refractivity contribution in [2.45, 2.75) is 20.0 Å². The Bertz CT molecular complexity index is 353. The van der Waals surface area contributed by atoms with E-state index in [4.69, 9.17) is 10.5 Å². The summed E-state index contributed by atoms with van der Waals surface area (Å²) in [4.78, 5) is 11.0. The second-order valence-electron chi connectivity index (χ2n) is 3.87. The third-order valence-corrected chi connectivity index (χ3v) is 2.33. The summed E-state index contributed by atoms with van der Waals surface area (Å²) in [6.07, 6.45) is 1.13. The van der Waals surface area contributed by atoms with Crippen LogP contribution in [0.1, 0.15) is 29.3 Å². The highest BCUT2D eigenvalue weighted by Crippen LogP contribution is 2.05. The van der Waals surface area contributed by atoms with E-state index in [2.05, 4.69) is 12.2 Å². The Morgan fingerprint density at radius 3 is 2.94 bits per heavy atom. The molecular weight excluding hydrogens is 216 g/mol. The molecule has 4 heteroatoms. The maximum absolute atomic E-state index is 11.0. The van der Waals surface area contributed by atoms with Crippen LogP contribution in [-0.4, -0.2) is 25.6 Å². The van der Waals surface area contributed by atoms with Crippen molar-refractivity contribution in [3.8, 4) is 0 Å². The molecule has 0 heterocycles. The van der Waals surface area contributed by atoms with E-state index in [1.165, 1.54) is 0 Å². The molecule has 4 nitrogen and oxygen atoms in total. The first kappa shape index (κ1) is 13.7. The van der Waals surface area contributed by atoms with Crippen LogP contribution >= 0.6 is 0 Å². The van der Waals surface area contributed by atoms with Gasteiger partial charge in [-0.05, 0) is 30.7 Å². The number of nitrogens with one attached hydrogen (secondary N) is 1. The molecule has 1 rings (SSSR count). The van der Waals surface area contributed by atoms with Crippen molar-refractivity contribution < 1.29 is 9.53 Å². The number of carbonyl (C=O) groups is 1. The van der Waals surface area contributed by atoms with Crippen molar-refractivity contribution >= 4 is 5.91 Å². The van der Waals surface area contributed by atoms with Gasteiger partial charge >= 0.3 is 0 Å². The summed E-state index contributed by atoms with van der Waals surface area (Å²) >= 11 is 0. The predicted octanol–water partition coefficient (Wildman–Crippen LogP) is 1.30. The van der Waals surface area contributed by atoms with Crippen molar-refractivity contribution in [3.05, 3.63) is 35.4 Å². The molecule has 0 fully saturated rings. The zero-order valence-corrected chi connectivity index (χ0v) is 10.2. The van der Waals surface area contributed by atoms with Crippen LogP contribution in [0.5, 0.6) is 0 Å². The van der Waals surface area contributed by atoms with Crippen LogP contribution in [0, 0.1) is 0 Å². The topological polar surface area (TPSA) is 64.3 Å². The molecule has 3 N–H and O–H groups in total. The minimum Gasteiger partial charge on any atom is -0.375 e. The van der Waals surface area contributed by atoms with Crippen molar-refractivity contribution in [1.82, 2.24) is 5.32 Å². The van der Waals surface area contributed by atoms with Gasteiger partial charge in [-0.3, -0.25) is 4.79 Å². The van der Waals surface area contributed by atoms with Gasteiger partial charge in [0.1, 0.15) is 0 Å². The predicted molar refractivity (Wildman–Crippen MR) is 67.8 cm³/mol. The van der Waals surface area contributed by atoms with E-state index in [0.717, 1.165) is 25.1 Å². The van der Waals surface area contributed by atoms with Gasteiger partial charge in [0, 0.05) is 12.1 Å². The molecule has 1 aromatic carbocycles. The Morgan fingerprint density at radius 2 is 2.24 bits per heavy atom. The number of benzene rings is 1. The van der Waals surface area contributed by atoms with Gasteiger partial charge in [0.15, 0.2) is 0 Å². The lowest BCUT2D eigenvalue weighted by Gasteiger charge is -2.06. The maximum Gasteiger partial charge on any atom is 0.248 e. The summed E-state index contributed by atoms with van der Waals surface area (Å²) in [6.45, 7) is 5.17. The molecule has 0 spiro atoms. The fourth-order valence-electron chi connectivity index (χ4n) is 1.45. The Hall–Kier alpha value is -1.39. The molecule has 0 saturated carbocycles. The SMILES string of the molecule is CCCNCCOCc1cccc(C(N)=O)c1. The van der Waals surface area contributed by atoms with Gasteiger partial charge in [0.05, 0.1) is 13.2 Å². The Morgan fingerprint density at radius 1 is 1.41 bits per heavy atom. The van der Waals surface area contributed by atoms with Crippen molar-refractivity contribution in [2.75, 3.05) is 19.7 Å². The van der Waals surface area contributed by atoms with E-state index in [1.54, 1.807) is 12.1 Å². The van der Waals surface area contributed by atoms with Crippen LogP contribution in [0.15, 0.2) is 24.3 Å². The Kier molecular flexibility index (Phi) is 6.29. The zero-order valence-electron chi connectivity index (χ0n) is 10.2. The molecule has 0 aliphatic rings. The number of rotatable bonds is 8. The van der Waals surface area contributed by atoms with Crippen molar-refractivity contribution in [3.63, 3.8) is 0 Å². The lowest BCUT2D eigenvalue weighted by atomic mass is 10.1. The number of nitrogens with two attached hydrogens (primary N) is 1. The summed E-state index contributed by atoms with van der Waals surface area (Å²) < 4.78 is 5.49. The van der Waals surface area contributed by atoms with Gasteiger partial charge in [0.25, 0.3) is 0 Å². The lowest BCUT2D eigenvalue weighted by Crippen LogP contribution is -2.20. The summed E-state index contributed by atoms with van der Waals surface area (Å²) in [7, 11) is 0. The summed E-state index contributed by atoms with van der Waals surface area (Å²) in [5.74, 6) is -0.406. The van der Waals surface area contributed by atoms with Gasteiger partial charge < -0.3 is 15.8 Å². The maximum atomic E-state index is 11.0.